The fraction of sp³-hybridized carbons (Fsp3) is 0.379. The minimum Gasteiger partial charge on any atom is -0.457 e. The van der Waals surface area contributed by atoms with Gasteiger partial charge in [0.25, 0.3) is 0 Å². The molecule has 8 nitrogen and oxygen atoms in total. The van der Waals surface area contributed by atoms with Crippen LogP contribution in [0, 0.1) is 17.8 Å². The number of ether oxygens (including phenoxy) is 1. The molecule has 0 bridgehead atoms. The third-order valence-corrected chi connectivity index (χ3v) is 7.88. The Balaban J connectivity index is 1.68. The second-order valence-corrected chi connectivity index (χ2v) is 10.0. The zero-order chi connectivity index (χ0) is 26.4. The van der Waals surface area contributed by atoms with Gasteiger partial charge in [-0.25, -0.2) is 0 Å². The number of rotatable bonds is 4. The number of benzene rings is 2. The van der Waals surface area contributed by atoms with Crippen LogP contribution in [0.3, 0.4) is 0 Å². The van der Waals surface area contributed by atoms with E-state index in [1.165, 1.54) is 18.7 Å². The van der Waals surface area contributed by atoms with Gasteiger partial charge in [-0.05, 0) is 17.6 Å². The van der Waals surface area contributed by atoms with Crippen molar-refractivity contribution in [3.05, 3.63) is 82.9 Å². The van der Waals surface area contributed by atoms with E-state index in [0.717, 1.165) is 5.56 Å². The van der Waals surface area contributed by atoms with Crippen molar-refractivity contribution in [2.75, 3.05) is 0 Å². The normalized spacial score (nSPS) is 30.4. The largest absolute Gasteiger partial charge is 0.457 e. The van der Waals surface area contributed by atoms with E-state index in [-0.39, 0.29) is 30.4 Å². The zero-order valence-electron chi connectivity index (χ0n) is 20.6. The van der Waals surface area contributed by atoms with Gasteiger partial charge in [0, 0.05) is 49.3 Å². The molecule has 2 aromatic rings. The van der Waals surface area contributed by atoms with E-state index in [9.17, 15) is 29.4 Å². The summed E-state index contributed by atoms with van der Waals surface area (Å²) in [5.41, 5.74) is 1.86. The molecule has 7 atom stereocenters. The maximum absolute atomic E-state index is 13.9. The van der Waals surface area contributed by atoms with Crippen molar-refractivity contribution in [2.24, 2.45) is 17.8 Å². The van der Waals surface area contributed by atoms with E-state index in [2.05, 4.69) is 0 Å². The van der Waals surface area contributed by atoms with E-state index in [1.54, 1.807) is 30.3 Å². The number of hydrogen-bond donors (Lipinski definition) is 2. The number of allylic oxidation sites excluding steroid dienone is 1. The summed E-state index contributed by atoms with van der Waals surface area (Å²) in [6.45, 7) is 2.69. The lowest BCUT2D eigenvalue weighted by molar-refractivity contribution is -0.179. The number of aliphatic hydroxyl groups is 2. The van der Waals surface area contributed by atoms with Crippen LogP contribution in [-0.4, -0.2) is 62.9 Å². The van der Waals surface area contributed by atoms with Gasteiger partial charge in [0.2, 0.25) is 5.91 Å². The van der Waals surface area contributed by atoms with Gasteiger partial charge in [-0.15, -0.1) is 0 Å². The topological polar surface area (TPSA) is 121 Å². The Morgan fingerprint density at radius 3 is 2.16 bits per heavy atom. The molecule has 192 valence electrons. The van der Waals surface area contributed by atoms with Gasteiger partial charge in [0.05, 0.1) is 6.04 Å². The van der Waals surface area contributed by atoms with Gasteiger partial charge in [-0.1, -0.05) is 60.7 Å². The molecular weight excluding hydrogens is 474 g/mol. The van der Waals surface area contributed by atoms with Crippen molar-refractivity contribution < 1.29 is 34.1 Å². The summed E-state index contributed by atoms with van der Waals surface area (Å²) >= 11 is 0. The van der Waals surface area contributed by atoms with Gasteiger partial charge in [-0.3, -0.25) is 19.2 Å². The molecule has 2 N–H and O–H groups in total. The van der Waals surface area contributed by atoms with Gasteiger partial charge in [-0.2, -0.15) is 0 Å². The third-order valence-electron chi connectivity index (χ3n) is 7.88. The van der Waals surface area contributed by atoms with Gasteiger partial charge in [0.15, 0.2) is 17.7 Å². The predicted octanol–water partition coefficient (Wildman–Crippen LogP) is 2.33. The van der Waals surface area contributed by atoms with Gasteiger partial charge >= 0.3 is 5.97 Å². The molecule has 0 heterocycles. The quantitative estimate of drug-likeness (QED) is 0.485. The average Bonchev–Trinajstić information content (AvgIpc) is 2.89. The maximum atomic E-state index is 13.9. The minimum atomic E-state index is -1.52. The number of Topliss-reactive ketones (excluding diaryl/α,β-unsaturated/α-hetero) is 2. The second kappa shape index (κ2) is 9.68. The Morgan fingerprint density at radius 2 is 1.54 bits per heavy atom. The summed E-state index contributed by atoms with van der Waals surface area (Å²) in [5.74, 6) is -3.88. The lowest BCUT2D eigenvalue weighted by atomic mass is 9.57. The van der Waals surface area contributed by atoms with Crippen molar-refractivity contribution in [3.63, 3.8) is 0 Å². The summed E-state index contributed by atoms with van der Waals surface area (Å²) in [6.07, 6.45) is -2.31. The van der Waals surface area contributed by atoms with Crippen LogP contribution in [0.2, 0.25) is 0 Å². The van der Waals surface area contributed by atoms with E-state index in [1.807, 2.05) is 30.3 Å². The molecule has 5 rings (SSSR count). The molecule has 8 heteroatoms. The summed E-state index contributed by atoms with van der Waals surface area (Å²) in [6, 6.07) is 14.9. The highest BCUT2D eigenvalue weighted by Crippen LogP contribution is 2.50. The zero-order valence-corrected chi connectivity index (χ0v) is 20.6. The highest BCUT2D eigenvalue weighted by atomic mass is 16.6. The fourth-order valence-electron chi connectivity index (χ4n) is 6.33. The van der Waals surface area contributed by atoms with Gasteiger partial charge < -0.3 is 19.8 Å². The van der Waals surface area contributed by atoms with Crippen LogP contribution in [0.4, 0.5) is 0 Å². The first-order chi connectivity index (χ1) is 17.7. The van der Waals surface area contributed by atoms with Crippen molar-refractivity contribution >= 4 is 23.4 Å². The molecule has 0 aromatic heterocycles. The van der Waals surface area contributed by atoms with E-state index >= 15 is 0 Å². The molecule has 1 saturated carbocycles. The number of aliphatic hydroxyl groups excluding tert-OH is 2. The number of carbonyl (C=O) groups excluding carboxylic acids is 4. The molecule has 1 fully saturated rings. The first-order valence-electron chi connectivity index (χ1n) is 12.4. The van der Waals surface area contributed by atoms with Crippen molar-refractivity contribution in [3.8, 4) is 0 Å². The molecular formula is C29H29NO7. The monoisotopic (exact) mass is 503 g/mol. The summed E-state index contributed by atoms with van der Waals surface area (Å²) in [7, 11) is 0. The van der Waals surface area contributed by atoms with Crippen molar-refractivity contribution in [1.29, 1.82) is 0 Å². The summed E-state index contributed by atoms with van der Waals surface area (Å²) < 4.78 is 5.55. The van der Waals surface area contributed by atoms with Crippen LogP contribution in [0.25, 0.3) is 0 Å². The number of fused-ring (bicyclic) bond motifs is 4. The van der Waals surface area contributed by atoms with E-state index in [4.69, 9.17) is 4.74 Å². The molecule has 0 saturated heterocycles. The summed E-state index contributed by atoms with van der Waals surface area (Å²) in [4.78, 5) is 54.2. The number of amides is 1. The highest BCUT2D eigenvalue weighted by molar-refractivity contribution is 6.16. The van der Waals surface area contributed by atoms with Crippen molar-refractivity contribution in [1.82, 2.24) is 4.90 Å². The van der Waals surface area contributed by atoms with Crippen molar-refractivity contribution in [2.45, 2.75) is 51.2 Å². The number of nitrogens with zero attached hydrogens (tertiary/aromatic N) is 1. The highest BCUT2D eigenvalue weighted by Gasteiger charge is 2.59. The second-order valence-electron chi connectivity index (χ2n) is 10.0. The molecule has 2 aromatic carbocycles. The Labute approximate surface area is 214 Å². The molecule has 0 radical (unpaired) electrons. The molecule has 1 amide bonds. The molecule has 37 heavy (non-hydrogen) atoms. The number of carbonyl (C=O) groups is 4. The van der Waals surface area contributed by atoms with Crippen LogP contribution in [0.1, 0.15) is 46.5 Å². The Morgan fingerprint density at radius 1 is 0.919 bits per heavy atom. The molecule has 0 unspecified atom stereocenters. The van der Waals surface area contributed by atoms with E-state index in [0.29, 0.717) is 16.7 Å². The third kappa shape index (κ3) is 4.20. The van der Waals surface area contributed by atoms with Crippen LogP contribution < -0.4 is 0 Å². The Kier molecular flexibility index (Phi) is 6.56. The number of ketones is 2. The molecule has 3 aliphatic carbocycles. The number of hydrogen-bond acceptors (Lipinski definition) is 7. The predicted molar refractivity (Wildman–Crippen MR) is 132 cm³/mol. The maximum Gasteiger partial charge on any atom is 0.303 e. The molecule has 3 aliphatic rings. The Hall–Kier alpha value is -3.62. The van der Waals surface area contributed by atoms with Crippen LogP contribution in [0.15, 0.2) is 66.2 Å². The SMILES string of the molecule is CC(=O)O[C@H]1[C@H](O)[C@H](O)C2=CC[C@H]3C(=O)c4ccccc4C(=O)[C@H]3[C@H]2[C@@H]1N(Cc1ccccc1)C(C)=O. The van der Waals surface area contributed by atoms with Crippen LogP contribution >= 0.6 is 0 Å². The fourth-order valence-corrected chi connectivity index (χ4v) is 6.33. The standard InChI is InChI=1S/C29H29NO7/c1-15(31)30(14-17-8-4-3-5-9-17)24-22-20(27(35)28(36)29(24)37-16(2)32)12-13-21-23(22)26(34)19-11-7-6-10-18(19)25(21)33/h3-12,21-24,27-29,35-36H,13-14H2,1-2H3/t21-,22+,23-,24+,27-,28-,29-/m1/s1. The molecule has 0 spiro atoms. The smallest absolute Gasteiger partial charge is 0.303 e. The van der Waals surface area contributed by atoms with Gasteiger partial charge in [0.1, 0.15) is 12.2 Å². The lowest BCUT2D eigenvalue weighted by Crippen LogP contribution is -2.66. The average molecular weight is 504 g/mol. The minimum absolute atomic E-state index is 0.126. The molecule has 0 aliphatic heterocycles. The lowest BCUT2D eigenvalue weighted by Gasteiger charge is -2.53. The van der Waals surface area contributed by atoms with E-state index < -0.39 is 48.1 Å². The Bertz CT molecular complexity index is 1290. The number of esters is 1. The van der Waals surface area contributed by atoms with Crippen LogP contribution in [0.5, 0.6) is 0 Å². The van der Waals surface area contributed by atoms with Crippen LogP contribution in [-0.2, 0) is 20.9 Å². The summed E-state index contributed by atoms with van der Waals surface area (Å²) in [5, 5.41) is 22.2. The first-order valence-corrected chi connectivity index (χ1v) is 12.4. The first kappa shape index (κ1) is 25.0.